The Bertz CT molecular complexity index is 1190. The highest BCUT2D eigenvalue weighted by atomic mass is 32.2. The smallest absolute Gasteiger partial charge is 0.244 e. The number of anilines is 1. The summed E-state index contributed by atoms with van der Waals surface area (Å²) < 4.78 is 27.0. The predicted molar refractivity (Wildman–Crippen MR) is 149 cm³/mol. The van der Waals surface area contributed by atoms with Gasteiger partial charge in [-0.2, -0.15) is 0 Å². The van der Waals surface area contributed by atoms with Gasteiger partial charge in [0.15, 0.2) is 0 Å². The highest BCUT2D eigenvalue weighted by Crippen LogP contribution is 2.27. The SMILES string of the molecule is CC[C@@H](C(=O)NC1CCCCC1)N(Cc1cccc(C)c1)C(=O)CN(c1c(C)cccc1C)S(C)(=O)=O. The second kappa shape index (κ2) is 12.6. The van der Waals surface area contributed by atoms with Gasteiger partial charge in [0.2, 0.25) is 21.8 Å². The van der Waals surface area contributed by atoms with Gasteiger partial charge in [0.25, 0.3) is 0 Å². The zero-order valence-corrected chi connectivity index (χ0v) is 23.6. The van der Waals surface area contributed by atoms with Crippen LogP contribution in [-0.4, -0.2) is 50.0 Å². The minimum atomic E-state index is -3.76. The lowest BCUT2D eigenvalue weighted by Crippen LogP contribution is -2.54. The number of nitrogens with zero attached hydrogens (tertiary/aromatic N) is 2. The van der Waals surface area contributed by atoms with E-state index in [0.29, 0.717) is 12.1 Å². The maximum absolute atomic E-state index is 13.9. The van der Waals surface area contributed by atoms with E-state index in [0.717, 1.165) is 54.2 Å². The summed E-state index contributed by atoms with van der Waals surface area (Å²) >= 11 is 0. The fourth-order valence-corrected chi connectivity index (χ4v) is 6.21. The van der Waals surface area contributed by atoms with Crippen LogP contribution in [0.5, 0.6) is 0 Å². The highest BCUT2D eigenvalue weighted by Gasteiger charge is 2.33. The van der Waals surface area contributed by atoms with Crippen LogP contribution in [0, 0.1) is 20.8 Å². The van der Waals surface area contributed by atoms with Crippen molar-refractivity contribution in [3.63, 3.8) is 0 Å². The van der Waals surface area contributed by atoms with Crippen LogP contribution in [0.2, 0.25) is 0 Å². The molecule has 2 aromatic carbocycles. The van der Waals surface area contributed by atoms with Gasteiger partial charge in [-0.1, -0.05) is 74.2 Å². The highest BCUT2D eigenvalue weighted by molar-refractivity contribution is 7.92. The van der Waals surface area contributed by atoms with Crippen molar-refractivity contribution < 1.29 is 18.0 Å². The largest absolute Gasteiger partial charge is 0.352 e. The summed E-state index contributed by atoms with van der Waals surface area (Å²) in [5.74, 6) is -0.575. The van der Waals surface area contributed by atoms with E-state index in [2.05, 4.69) is 5.32 Å². The number of hydrogen-bond acceptors (Lipinski definition) is 4. The fraction of sp³-hybridized carbons (Fsp3) is 0.517. The van der Waals surface area contributed by atoms with Gasteiger partial charge in [0, 0.05) is 12.6 Å². The zero-order chi connectivity index (χ0) is 27.2. The molecule has 1 aliphatic rings. The molecule has 0 heterocycles. The lowest BCUT2D eigenvalue weighted by molar-refractivity contribution is -0.140. The van der Waals surface area contributed by atoms with Crippen LogP contribution in [0.4, 0.5) is 5.69 Å². The van der Waals surface area contributed by atoms with E-state index >= 15 is 0 Å². The molecule has 0 saturated heterocycles. The van der Waals surface area contributed by atoms with Crippen molar-refractivity contribution in [2.24, 2.45) is 0 Å². The summed E-state index contributed by atoms with van der Waals surface area (Å²) in [4.78, 5) is 28.9. The number of amides is 2. The molecular formula is C29H41N3O4S. The monoisotopic (exact) mass is 527 g/mol. The molecule has 7 nitrogen and oxygen atoms in total. The van der Waals surface area contributed by atoms with Crippen LogP contribution >= 0.6 is 0 Å². The first-order valence-electron chi connectivity index (χ1n) is 13.2. The molecule has 1 fully saturated rings. The number of para-hydroxylation sites is 1. The number of sulfonamides is 1. The number of benzene rings is 2. The molecule has 1 aliphatic carbocycles. The Labute approximate surface area is 222 Å². The van der Waals surface area contributed by atoms with Gasteiger partial charge in [0.1, 0.15) is 12.6 Å². The number of carbonyl (C=O) groups is 2. The van der Waals surface area contributed by atoms with Crippen molar-refractivity contribution in [2.45, 2.75) is 84.8 Å². The molecule has 0 bridgehead atoms. The average molecular weight is 528 g/mol. The van der Waals surface area contributed by atoms with Crippen LogP contribution in [0.25, 0.3) is 0 Å². The molecule has 0 aliphatic heterocycles. The maximum atomic E-state index is 13.9. The molecule has 0 unspecified atom stereocenters. The number of hydrogen-bond donors (Lipinski definition) is 1. The van der Waals surface area contributed by atoms with Crippen LogP contribution < -0.4 is 9.62 Å². The zero-order valence-electron chi connectivity index (χ0n) is 22.8. The Balaban J connectivity index is 1.95. The first-order valence-corrected chi connectivity index (χ1v) is 15.1. The number of nitrogens with one attached hydrogen (secondary N) is 1. The normalized spacial score (nSPS) is 15.2. The fourth-order valence-electron chi connectivity index (χ4n) is 5.25. The number of aryl methyl sites for hydroxylation is 3. The van der Waals surface area contributed by atoms with Crippen molar-refractivity contribution in [3.8, 4) is 0 Å². The summed E-state index contributed by atoms with van der Waals surface area (Å²) in [6.07, 6.45) is 6.80. The molecule has 1 saturated carbocycles. The van der Waals surface area contributed by atoms with Crippen molar-refractivity contribution in [1.29, 1.82) is 0 Å². The molecule has 2 amide bonds. The van der Waals surface area contributed by atoms with E-state index in [4.69, 9.17) is 0 Å². The third-order valence-corrected chi connectivity index (χ3v) is 8.25. The van der Waals surface area contributed by atoms with Crippen molar-refractivity contribution in [2.75, 3.05) is 17.1 Å². The van der Waals surface area contributed by atoms with E-state index in [1.165, 1.54) is 10.7 Å². The predicted octanol–water partition coefficient (Wildman–Crippen LogP) is 4.63. The van der Waals surface area contributed by atoms with Crippen LogP contribution in [0.3, 0.4) is 0 Å². The van der Waals surface area contributed by atoms with Gasteiger partial charge < -0.3 is 10.2 Å². The summed E-state index contributed by atoms with van der Waals surface area (Å²) in [5, 5.41) is 3.17. The van der Waals surface area contributed by atoms with E-state index in [1.54, 1.807) is 4.90 Å². The standard InChI is InChI=1S/C29H41N3O4S/c1-6-26(29(34)30-25-16-8-7-9-17-25)31(19-24-15-10-12-21(2)18-24)27(33)20-32(37(5,35)36)28-22(3)13-11-14-23(28)4/h10-15,18,25-26H,6-9,16-17,19-20H2,1-5H3,(H,30,34)/t26-/m0/s1. The molecule has 202 valence electrons. The number of rotatable bonds is 10. The summed E-state index contributed by atoms with van der Waals surface area (Å²) in [6.45, 7) is 7.39. The second-order valence-corrected chi connectivity index (χ2v) is 12.2. The molecular weight excluding hydrogens is 486 g/mol. The van der Waals surface area contributed by atoms with Crippen LogP contribution in [0.15, 0.2) is 42.5 Å². The first-order chi connectivity index (χ1) is 17.5. The van der Waals surface area contributed by atoms with Crippen molar-refractivity contribution in [1.82, 2.24) is 10.2 Å². The van der Waals surface area contributed by atoms with Crippen molar-refractivity contribution in [3.05, 3.63) is 64.7 Å². The molecule has 0 radical (unpaired) electrons. The Hall–Kier alpha value is -2.87. The van der Waals surface area contributed by atoms with Crippen molar-refractivity contribution >= 4 is 27.5 Å². The molecule has 0 spiro atoms. The van der Waals surface area contributed by atoms with Gasteiger partial charge in [-0.3, -0.25) is 13.9 Å². The molecule has 2 aromatic rings. The average Bonchev–Trinajstić information content (AvgIpc) is 2.83. The minimum Gasteiger partial charge on any atom is -0.352 e. The van der Waals surface area contributed by atoms with Gasteiger partial charge in [-0.15, -0.1) is 0 Å². The Morgan fingerprint density at radius 1 is 1.00 bits per heavy atom. The lowest BCUT2D eigenvalue weighted by Gasteiger charge is -2.34. The van der Waals surface area contributed by atoms with E-state index < -0.39 is 22.0 Å². The molecule has 1 atom stereocenters. The minimum absolute atomic E-state index is 0.119. The quantitative estimate of drug-likeness (QED) is 0.488. The van der Waals surface area contributed by atoms with Crippen LogP contribution in [-0.2, 0) is 26.2 Å². The third kappa shape index (κ3) is 7.57. The van der Waals surface area contributed by atoms with Gasteiger partial charge in [0.05, 0.1) is 11.9 Å². The summed E-state index contributed by atoms with van der Waals surface area (Å²) in [5.41, 5.74) is 4.00. The Morgan fingerprint density at radius 2 is 1.62 bits per heavy atom. The maximum Gasteiger partial charge on any atom is 0.244 e. The first kappa shape index (κ1) is 28.7. The topological polar surface area (TPSA) is 86.8 Å². The molecule has 1 N–H and O–H groups in total. The third-order valence-electron chi connectivity index (χ3n) is 7.14. The second-order valence-electron chi connectivity index (χ2n) is 10.3. The molecule has 8 heteroatoms. The summed E-state index contributed by atoms with van der Waals surface area (Å²) in [7, 11) is -3.76. The van der Waals surface area contributed by atoms with Gasteiger partial charge >= 0.3 is 0 Å². The molecule has 37 heavy (non-hydrogen) atoms. The van der Waals surface area contributed by atoms with E-state index in [-0.39, 0.29) is 25.0 Å². The summed E-state index contributed by atoms with van der Waals surface area (Å²) in [6, 6.07) is 12.8. The van der Waals surface area contributed by atoms with Gasteiger partial charge in [-0.25, -0.2) is 8.42 Å². The number of carbonyl (C=O) groups excluding carboxylic acids is 2. The van der Waals surface area contributed by atoms with Gasteiger partial charge in [-0.05, 0) is 56.7 Å². The van der Waals surface area contributed by atoms with E-state index in [9.17, 15) is 18.0 Å². The lowest BCUT2D eigenvalue weighted by atomic mass is 9.95. The molecule has 0 aromatic heterocycles. The van der Waals surface area contributed by atoms with E-state index in [1.807, 2.05) is 70.2 Å². The molecule has 3 rings (SSSR count). The Morgan fingerprint density at radius 3 is 2.19 bits per heavy atom. The Kier molecular flexibility index (Phi) is 9.76. The van der Waals surface area contributed by atoms with Crippen LogP contribution in [0.1, 0.15) is 67.7 Å².